The summed E-state index contributed by atoms with van der Waals surface area (Å²) < 4.78 is 14.5. The molecule has 6 atom stereocenters. The zero-order chi connectivity index (χ0) is 35.8. The number of phenols is 1. The Labute approximate surface area is 307 Å². The number of halogens is 3. The number of hydrazine groups is 1. The molecule has 11 heteroatoms. The quantitative estimate of drug-likeness (QED) is 0.154. The molecule has 2 saturated heterocycles. The van der Waals surface area contributed by atoms with Crippen molar-refractivity contribution in [3.63, 3.8) is 0 Å². The normalized spacial score (nSPS) is 26.9. The number of aromatic hydroxyl groups is 1. The third-order valence-corrected chi connectivity index (χ3v) is 11.9. The molecular weight excluding hydrogens is 737 g/mol. The fourth-order valence-electron chi connectivity index (χ4n) is 8.89. The van der Waals surface area contributed by atoms with E-state index < -0.39 is 52.6 Å². The summed E-state index contributed by atoms with van der Waals surface area (Å²) in [4.78, 5) is 59.7. The van der Waals surface area contributed by atoms with Crippen LogP contribution < -0.4 is 10.3 Å². The van der Waals surface area contributed by atoms with E-state index in [1.807, 2.05) is 25.1 Å². The maximum atomic E-state index is 15.2. The van der Waals surface area contributed by atoms with Gasteiger partial charge in [0.1, 0.15) is 11.6 Å². The first-order valence-corrected chi connectivity index (χ1v) is 18.0. The number of nitrogens with one attached hydrogen (secondary N) is 1. The Balaban J connectivity index is 1.32. The third-order valence-electron chi connectivity index (χ3n) is 11.2. The minimum Gasteiger partial charge on any atom is -0.508 e. The lowest BCUT2D eigenvalue weighted by Crippen LogP contribution is -2.53. The van der Waals surface area contributed by atoms with Gasteiger partial charge in [0.2, 0.25) is 11.8 Å². The Kier molecular flexibility index (Phi) is 8.14. The zero-order valence-corrected chi connectivity index (χ0v) is 29.7. The Morgan fingerprint density at radius 3 is 2.29 bits per heavy atom. The Bertz CT molecular complexity index is 2140. The summed E-state index contributed by atoms with van der Waals surface area (Å²) in [6, 6.07) is 24.4. The second-order valence-corrected chi connectivity index (χ2v) is 15.0. The number of nitrogens with zero attached hydrogens (tertiary/aromatic N) is 2. The summed E-state index contributed by atoms with van der Waals surface area (Å²) in [5, 5.41) is 12.9. The number of hydrogen-bond acceptors (Lipinski definition) is 6. The number of phenolic OH excluding ortho intramolecular Hbond substituents is 1. The van der Waals surface area contributed by atoms with E-state index in [1.165, 1.54) is 35.2 Å². The van der Waals surface area contributed by atoms with Gasteiger partial charge in [0.15, 0.2) is 0 Å². The van der Waals surface area contributed by atoms with Gasteiger partial charge >= 0.3 is 0 Å². The minimum absolute atomic E-state index is 0.0874. The van der Waals surface area contributed by atoms with Gasteiger partial charge in [-0.25, -0.2) is 4.39 Å². The van der Waals surface area contributed by atoms with Crippen LogP contribution in [0.4, 0.5) is 15.8 Å². The molecule has 8 rings (SSSR count). The van der Waals surface area contributed by atoms with Crippen LogP contribution in [-0.4, -0.2) is 33.7 Å². The highest BCUT2D eigenvalue weighted by atomic mass is 79.9. The summed E-state index contributed by atoms with van der Waals surface area (Å²) in [6.07, 6.45) is 3.09. The molecule has 6 unspecified atom stereocenters. The van der Waals surface area contributed by atoms with Crippen molar-refractivity contribution in [2.45, 2.75) is 37.5 Å². The number of imide groups is 2. The average Bonchev–Trinajstić information content (AvgIpc) is 3.51. The van der Waals surface area contributed by atoms with E-state index in [9.17, 15) is 23.9 Å². The van der Waals surface area contributed by atoms with Crippen molar-refractivity contribution in [1.82, 2.24) is 5.01 Å². The molecule has 2 heterocycles. The highest BCUT2D eigenvalue weighted by molar-refractivity contribution is 9.10. The van der Waals surface area contributed by atoms with Crippen molar-refractivity contribution in [2.75, 3.05) is 10.3 Å². The van der Waals surface area contributed by atoms with Crippen LogP contribution in [0.5, 0.6) is 5.75 Å². The van der Waals surface area contributed by atoms with E-state index in [-0.39, 0.29) is 30.4 Å². The fraction of sp³-hybridized carbons (Fsp3) is 0.250. The van der Waals surface area contributed by atoms with Crippen molar-refractivity contribution in [3.05, 3.63) is 135 Å². The standard InChI is InChI=1S/C40H32BrClFN3O5/c1-2-21-3-14-27(15-4-21)45-36(48)29-17-16-28-30(34(29)38(45)50)20-32-37(49)46(44-26-12-10-25(43)11-13-26)39(51)40(32,22-5-8-24(42)9-6-22)35(28)31-19-23(41)7-18-33(31)47/h3-16,18-19,29-30,32,34-35,44,47H,2,17,20H2,1H3. The van der Waals surface area contributed by atoms with Gasteiger partial charge in [0.25, 0.3) is 11.8 Å². The Hall–Kier alpha value is -4.80. The van der Waals surface area contributed by atoms with Gasteiger partial charge in [0, 0.05) is 21.0 Å². The van der Waals surface area contributed by atoms with E-state index in [0.717, 1.165) is 17.0 Å². The molecule has 2 N–H and O–H groups in total. The number of carbonyl (C=O) groups is 4. The molecule has 4 aromatic carbocycles. The molecule has 258 valence electrons. The monoisotopic (exact) mass is 767 g/mol. The van der Waals surface area contributed by atoms with E-state index in [1.54, 1.807) is 48.5 Å². The summed E-state index contributed by atoms with van der Waals surface area (Å²) >= 11 is 9.89. The van der Waals surface area contributed by atoms with Crippen LogP contribution in [0, 0.1) is 29.5 Å². The highest BCUT2D eigenvalue weighted by Gasteiger charge is 2.70. The molecule has 51 heavy (non-hydrogen) atoms. The molecule has 4 amide bonds. The number of hydrogen-bond donors (Lipinski definition) is 2. The second kappa shape index (κ2) is 12.5. The SMILES string of the molecule is CCc1ccc(N2C(=O)C3CC=C4C(CC5C(=O)N(Nc6ccc(F)cc6)C(=O)C5(c5ccc(Cl)cc5)C4c4cc(Br)ccc4O)C3C2=O)cc1. The molecule has 1 saturated carbocycles. The molecule has 4 aliphatic rings. The van der Waals surface area contributed by atoms with Crippen molar-refractivity contribution in [1.29, 1.82) is 0 Å². The molecule has 2 aliphatic carbocycles. The number of allylic oxidation sites excluding steroid dienone is 2. The summed E-state index contributed by atoms with van der Waals surface area (Å²) in [7, 11) is 0. The van der Waals surface area contributed by atoms with E-state index >= 15 is 4.79 Å². The predicted molar refractivity (Wildman–Crippen MR) is 193 cm³/mol. The molecule has 8 nitrogen and oxygen atoms in total. The number of fused-ring (bicyclic) bond motifs is 4. The summed E-state index contributed by atoms with van der Waals surface area (Å²) in [5.41, 5.74) is 4.84. The molecule has 3 fully saturated rings. The number of amides is 4. The predicted octanol–water partition coefficient (Wildman–Crippen LogP) is 7.70. The van der Waals surface area contributed by atoms with Crippen LogP contribution in [0.25, 0.3) is 0 Å². The van der Waals surface area contributed by atoms with Crippen molar-refractivity contribution >= 4 is 62.5 Å². The fourth-order valence-corrected chi connectivity index (χ4v) is 9.40. The Morgan fingerprint density at radius 2 is 1.61 bits per heavy atom. The zero-order valence-electron chi connectivity index (χ0n) is 27.4. The number of anilines is 2. The first kappa shape index (κ1) is 33.3. The lowest BCUT2D eigenvalue weighted by Gasteiger charge is -2.50. The van der Waals surface area contributed by atoms with Gasteiger partial charge in [-0.15, -0.1) is 0 Å². The highest BCUT2D eigenvalue weighted by Crippen LogP contribution is 2.65. The van der Waals surface area contributed by atoms with Gasteiger partial charge < -0.3 is 5.11 Å². The molecule has 0 aromatic heterocycles. The lowest BCUT2D eigenvalue weighted by molar-refractivity contribution is -0.138. The number of aryl methyl sites for hydroxylation is 1. The van der Waals surface area contributed by atoms with Gasteiger partial charge in [0.05, 0.1) is 34.5 Å². The maximum Gasteiger partial charge on any atom is 0.260 e. The molecule has 0 radical (unpaired) electrons. The van der Waals surface area contributed by atoms with Gasteiger partial charge in [-0.1, -0.05) is 70.4 Å². The van der Waals surface area contributed by atoms with Crippen molar-refractivity contribution < 1.29 is 28.7 Å². The van der Waals surface area contributed by atoms with Crippen LogP contribution in [0.15, 0.2) is 107 Å². The van der Waals surface area contributed by atoms with Crippen LogP contribution >= 0.6 is 27.5 Å². The minimum atomic E-state index is -1.59. The molecule has 0 bridgehead atoms. The lowest BCUT2D eigenvalue weighted by atomic mass is 9.49. The first-order valence-electron chi connectivity index (χ1n) is 16.9. The molecule has 4 aromatic rings. The molecular formula is C40H32BrClFN3O5. The molecule has 2 aliphatic heterocycles. The average molecular weight is 769 g/mol. The topological polar surface area (TPSA) is 107 Å². The van der Waals surface area contributed by atoms with Gasteiger partial charge in [-0.05, 0) is 103 Å². The summed E-state index contributed by atoms with van der Waals surface area (Å²) in [5.74, 6) is -6.30. The van der Waals surface area contributed by atoms with E-state index in [4.69, 9.17) is 11.6 Å². The van der Waals surface area contributed by atoms with Gasteiger partial charge in [-0.2, -0.15) is 5.01 Å². The van der Waals surface area contributed by atoms with Crippen LogP contribution in [-0.2, 0) is 31.0 Å². The first-order chi connectivity index (χ1) is 24.5. The van der Waals surface area contributed by atoms with Crippen molar-refractivity contribution in [3.8, 4) is 5.75 Å². The third kappa shape index (κ3) is 5.05. The summed E-state index contributed by atoms with van der Waals surface area (Å²) in [6.45, 7) is 2.03. The molecule has 0 spiro atoms. The van der Waals surface area contributed by atoms with Crippen molar-refractivity contribution in [2.24, 2.45) is 23.7 Å². The smallest absolute Gasteiger partial charge is 0.260 e. The van der Waals surface area contributed by atoms with Crippen LogP contribution in [0.3, 0.4) is 0 Å². The number of carbonyl (C=O) groups excluding carboxylic acids is 4. The maximum absolute atomic E-state index is 15.2. The van der Waals surface area contributed by atoms with Crippen LogP contribution in [0.2, 0.25) is 5.02 Å². The van der Waals surface area contributed by atoms with Gasteiger partial charge in [-0.3, -0.25) is 29.5 Å². The second-order valence-electron chi connectivity index (χ2n) is 13.6. The number of rotatable bonds is 6. The Morgan fingerprint density at radius 1 is 0.902 bits per heavy atom. The number of benzene rings is 4. The van der Waals surface area contributed by atoms with E-state index in [0.29, 0.717) is 37.6 Å². The van der Waals surface area contributed by atoms with Crippen LogP contribution in [0.1, 0.15) is 42.4 Å². The largest absolute Gasteiger partial charge is 0.508 e. The van der Waals surface area contributed by atoms with E-state index in [2.05, 4.69) is 21.4 Å².